The molecule has 1 N–H and O–H groups in total. The predicted molar refractivity (Wildman–Crippen MR) is 105 cm³/mol. The van der Waals surface area contributed by atoms with Gasteiger partial charge < -0.3 is 5.32 Å². The largest absolute Gasteiger partial charge is 0.302 e. The second-order valence-corrected chi connectivity index (χ2v) is 9.97. The van der Waals surface area contributed by atoms with Crippen molar-refractivity contribution < 1.29 is 13.2 Å². The summed E-state index contributed by atoms with van der Waals surface area (Å²) < 4.78 is 27.6. The quantitative estimate of drug-likeness (QED) is 0.848. The summed E-state index contributed by atoms with van der Waals surface area (Å²) in [6, 6.07) is 5.56. The number of nitrogens with zero attached hydrogens (tertiary/aromatic N) is 2. The van der Waals surface area contributed by atoms with Gasteiger partial charge in [0.15, 0.2) is 5.13 Å². The molecule has 0 atom stereocenters. The number of aromatic nitrogens is 1. The van der Waals surface area contributed by atoms with E-state index < -0.39 is 10.0 Å². The van der Waals surface area contributed by atoms with Crippen molar-refractivity contribution in [1.29, 1.82) is 0 Å². The number of hydrogen-bond donors (Lipinski definition) is 1. The summed E-state index contributed by atoms with van der Waals surface area (Å²) in [5, 5.41) is 5.21. The third-order valence-electron chi connectivity index (χ3n) is 5.44. The molecule has 1 aliphatic heterocycles. The maximum atomic E-state index is 13.0. The number of nitrogens with one attached hydrogen (secondary N) is 1. The standard InChI is InChI=1S/C19H23N3O3S2/c23-18(21-19-20-9-12-26-19)15-7-10-22(11-8-15)27(24,25)17-6-5-14-3-1-2-4-16(14)13-17/h5-6,9,12-13,15H,1-4,7-8,10-11H2,(H,20,21,23). The number of carbonyl (C=O) groups is 1. The van der Waals surface area contributed by atoms with Crippen LogP contribution in [0.2, 0.25) is 0 Å². The fourth-order valence-electron chi connectivity index (χ4n) is 3.87. The predicted octanol–water partition coefficient (Wildman–Crippen LogP) is 3.06. The number of amides is 1. The SMILES string of the molecule is O=C(Nc1nccs1)C1CCN(S(=O)(=O)c2ccc3c(c2)CCCC3)CC1. The maximum Gasteiger partial charge on any atom is 0.243 e. The molecule has 2 aliphatic rings. The lowest BCUT2D eigenvalue weighted by Gasteiger charge is -2.30. The lowest BCUT2D eigenvalue weighted by atomic mass is 9.92. The van der Waals surface area contributed by atoms with Crippen LogP contribution in [0.1, 0.15) is 36.8 Å². The van der Waals surface area contributed by atoms with Gasteiger partial charge in [0, 0.05) is 30.6 Å². The summed E-state index contributed by atoms with van der Waals surface area (Å²) in [5.74, 6) is -0.250. The molecule has 27 heavy (non-hydrogen) atoms. The number of benzene rings is 1. The Kier molecular flexibility index (Phi) is 5.29. The summed E-state index contributed by atoms with van der Waals surface area (Å²) >= 11 is 1.38. The smallest absolute Gasteiger partial charge is 0.243 e. The first-order chi connectivity index (χ1) is 13.0. The highest BCUT2D eigenvalue weighted by Crippen LogP contribution is 2.28. The topological polar surface area (TPSA) is 79.4 Å². The Labute approximate surface area is 163 Å². The van der Waals surface area contributed by atoms with E-state index in [4.69, 9.17) is 0 Å². The van der Waals surface area contributed by atoms with Gasteiger partial charge in [0.2, 0.25) is 15.9 Å². The molecule has 0 saturated carbocycles. The number of sulfonamides is 1. The lowest BCUT2D eigenvalue weighted by molar-refractivity contribution is -0.120. The molecule has 0 bridgehead atoms. The average molecular weight is 406 g/mol. The van der Waals surface area contributed by atoms with E-state index in [1.54, 1.807) is 12.3 Å². The van der Waals surface area contributed by atoms with Crippen molar-refractivity contribution >= 4 is 32.4 Å². The van der Waals surface area contributed by atoms with Crippen molar-refractivity contribution in [1.82, 2.24) is 9.29 Å². The van der Waals surface area contributed by atoms with Crippen LogP contribution >= 0.6 is 11.3 Å². The van der Waals surface area contributed by atoms with E-state index in [2.05, 4.69) is 10.3 Å². The highest BCUT2D eigenvalue weighted by Gasteiger charge is 2.32. The van der Waals surface area contributed by atoms with Gasteiger partial charge in [-0.1, -0.05) is 6.07 Å². The minimum atomic E-state index is -3.50. The number of rotatable bonds is 4. The van der Waals surface area contributed by atoms with Gasteiger partial charge in [-0.3, -0.25) is 4.79 Å². The van der Waals surface area contributed by atoms with E-state index >= 15 is 0 Å². The minimum Gasteiger partial charge on any atom is -0.302 e. The van der Waals surface area contributed by atoms with E-state index in [1.807, 2.05) is 17.5 Å². The van der Waals surface area contributed by atoms with Gasteiger partial charge in [0.05, 0.1) is 4.90 Å². The van der Waals surface area contributed by atoms with Gasteiger partial charge in [-0.05, 0) is 61.8 Å². The molecule has 0 radical (unpaired) electrons. The second kappa shape index (κ2) is 7.69. The normalized spacial score (nSPS) is 18.8. The molecule has 144 valence electrons. The Bertz CT molecular complexity index is 918. The van der Waals surface area contributed by atoms with Crippen molar-refractivity contribution in [2.24, 2.45) is 5.92 Å². The van der Waals surface area contributed by atoms with Crippen LogP contribution in [-0.4, -0.2) is 36.7 Å². The van der Waals surface area contributed by atoms with E-state index in [0.29, 0.717) is 36.0 Å². The zero-order chi connectivity index (χ0) is 18.9. The van der Waals surface area contributed by atoms with Crippen molar-refractivity contribution in [2.75, 3.05) is 18.4 Å². The summed E-state index contributed by atoms with van der Waals surface area (Å²) in [6.07, 6.45) is 7.00. The molecular weight excluding hydrogens is 382 g/mol. The minimum absolute atomic E-state index is 0.0734. The van der Waals surface area contributed by atoms with E-state index in [1.165, 1.54) is 33.2 Å². The van der Waals surface area contributed by atoms with Gasteiger partial charge in [0.1, 0.15) is 0 Å². The third kappa shape index (κ3) is 3.93. The van der Waals surface area contributed by atoms with Crippen molar-refractivity contribution in [3.8, 4) is 0 Å². The first-order valence-corrected chi connectivity index (χ1v) is 11.7. The molecule has 2 aromatic rings. The Hall–Kier alpha value is -1.77. The number of carbonyl (C=O) groups excluding carboxylic acids is 1. The van der Waals surface area contributed by atoms with Gasteiger partial charge >= 0.3 is 0 Å². The molecular formula is C19H23N3O3S2. The van der Waals surface area contributed by atoms with Crippen LogP contribution in [0.5, 0.6) is 0 Å². The first-order valence-electron chi connectivity index (χ1n) is 9.36. The van der Waals surface area contributed by atoms with Crippen LogP contribution in [0.15, 0.2) is 34.7 Å². The Morgan fingerprint density at radius 2 is 1.89 bits per heavy atom. The number of fused-ring (bicyclic) bond motifs is 1. The van der Waals surface area contributed by atoms with Crippen molar-refractivity contribution in [3.63, 3.8) is 0 Å². The molecule has 8 heteroatoms. The Morgan fingerprint density at radius 1 is 1.15 bits per heavy atom. The number of thiazole rings is 1. The van der Waals surface area contributed by atoms with Crippen molar-refractivity contribution in [2.45, 2.75) is 43.4 Å². The summed E-state index contributed by atoms with van der Waals surface area (Å²) in [4.78, 5) is 16.8. The molecule has 1 amide bonds. The lowest BCUT2D eigenvalue weighted by Crippen LogP contribution is -2.41. The van der Waals surface area contributed by atoms with Crippen LogP contribution in [0, 0.1) is 5.92 Å². The fourth-order valence-corrected chi connectivity index (χ4v) is 5.92. The maximum absolute atomic E-state index is 13.0. The van der Waals surface area contributed by atoms with Gasteiger partial charge in [-0.2, -0.15) is 4.31 Å². The molecule has 1 aromatic carbocycles. The van der Waals surface area contributed by atoms with Gasteiger partial charge in [-0.25, -0.2) is 13.4 Å². The molecule has 1 aromatic heterocycles. The Balaban J connectivity index is 1.42. The van der Waals surface area contributed by atoms with E-state index in [-0.39, 0.29) is 11.8 Å². The second-order valence-electron chi connectivity index (χ2n) is 7.14. The summed E-state index contributed by atoms with van der Waals surface area (Å²) in [5.41, 5.74) is 2.44. The number of hydrogen-bond acceptors (Lipinski definition) is 5. The number of piperidine rings is 1. The summed E-state index contributed by atoms with van der Waals surface area (Å²) in [6.45, 7) is 0.741. The van der Waals surface area contributed by atoms with E-state index in [0.717, 1.165) is 19.3 Å². The van der Waals surface area contributed by atoms with Crippen LogP contribution in [-0.2, 0) is 27.7 Å². The molecule has 6 nitrogen and oxygen atoms in total. The average Bonchev–Trinajstić information content (AvgIpc) is 3.20. The highest BCUT2D eigenvalue weighted by atomic mass is 32.2. The van der Waals surface area contributed by atoms with E-state index in [9.17, 15) is 13.2 Å². The van der Waals surface area contributed by atoms with Crippen LogP contribution in [0.4, 0.5) is 5.13 Å². The molecule has 0 spiro atoms. The monoisotopic (exact) mass is 405 g/mol. The molecule has 1 aliphatic carbocycles. The molecule has 1 saturated heterocycles. The molecule has 4 rings (SSSR count). The zero-order valence-corrected chi connectivity index (χ0v) is 16.7. The zero-order valence-electron chi connectivity index (χ0n) is 15.1. The third-order valence-corrected chi connectivity index (χ3v) is 8.03. The van der Waals surface area contributed by atoms with Gasteiger partial charge in [0.25, 0.3) is 0 Å². The molecule has 1 fully saturated rings. The van der Waals surface area contributed by atoms with Crippen LogP contribution in [0.25, 0.3) is 0 Å². The van der Waals surface area contributed by atoms with Gasteiger partial charge in [-0.15, -0.1) is 11.3 Å². The first kappa shape index (κ1) is 18.6. The highest BCUT2D eigenvalue weighted by molar-refractivity contribution is 7.89. The molecule has 2 heterocycles. The van der Waals surface area contributed by atoms with Crippen molar-refractivity contribution in [3.05, 3.63) is 40.9 Å². The van der Waals surface area contributed by atoms with Crippen LogP contribution < -0.4 is 5.32 Å². The fraction of sp³-hybridized carbons (Fsp3) is 0.474. The number of anilines is 1. The number of aryl methyl sites for hydroxylation is 2. The van der Waals surface area contributed by atoms with Crippen LogP contribution in [0.3, 0.4) is 0 Å². The molecule has 0 unspecified atom stereocenters. The summed E-state index contributed by atoms with van der Waals surface area (Å²) in [7, 11) is -3.50. The Morgan fingerprint density at radius 3 is 2.59 bits per heavy atom.